The first-order chi connectivity index (χ1) is 12.7. The topological polar surface area (TPSA) is 73.9 Å². The Morgan fingerprint density at radius 3 is 2.54 bits per heavy atom. The van der Waals surface area contributed by atoms with Crippen LogP contribution < -0.4 is 5.32 Å². The fraction of sp³-hybridized carbons (Fsp3) is 0.250. The van der Waals surface area contributed by atoms with Crippen LogP contribution in [0.15, 0.2) is 60.9 Å². The molecule has 0 spiro atoms. The fourth-order valence-electron chi connectivity index (χ4n) is 2.66. The second kappa shape index (κ2) is 8.92. The maximum absolute atomic E-state index is 12.2. The molecule has 0 radical (unpaired) electrons. The quantitative estimate of drug-likeness (QED) is 0.655. The Kier molecular flexibility index (Phi) is 6.11. The third-order valence-electron chi connectivity index (χ3n) is 4.24. The van der Waals surface area contributed by atoms with E-state index in [1.54, 1.807) is 12.1 Å². The molecule has 134 valence electrons. The van der Waals surface area contributed by atoms with E-state index in [9.17, 15) is 4.79 Å². The van der Waals surface area contributed by atoms with Gasteiger partial charge in [0, 0.05) is 30.8 Å². The molecule has 3 rings (SSSR count). The van der Waals surface area contributed by atoms with Crippen molar-refractivity contribution in [2.75, 3.05) is 26.7 Å². The normalized spacial score (nSPS) is 10.8. The van der Waals surface area contributed by atoms with Gasteiger partial charge in [0.1, 0.15) is 6.33 Å². The number of carbonyl (C=O) groups excluding carboxylic acids is 1. The zero-order valence-corrected chi connectivity index (χ0v) is 14.9. The summed E-state index contributed by atoms with van der Waals surface area (Å²) in [6, 6.07) is 17.7. The van der Waals surface area contributed by atoms with Gasteiger partial charge in [-0.3, -0.25) is 9.89 Å². The van der Waals surface area contributed by atoms with Gasteiger partial charge < -0.3 is 10.2 Å². The number of carbonyl (C=O) groups is 1. The van der Waals surface area contributed by atoms with Crippen LogP contribution in [0.3, 0.4) is 0 Å². The molecular weight excluding hydrogens is 326 g/mol. The molecule has 26 heavy (non-hydrogen) atoms. The Balaban J connectivity index is 1.41. The number of likely N-dealkylation sites (N-methyl/N-ethyl adjacent to an activating group) is 1. The van der Waals surface area contributed by atoms with Crippen molar-refractivity contribution in [1.82, 2.24) is 25.4 Å². The lowest BCUT2D eigenvalue weighted by Gasteiger charge is -2.17. The fourth-order valence-corrected chi connectivity index (χ4v) is 2.66. The number of rotatable bonds is 8. The van der Waals surface area contributed by atoms with Crippen molar-refractivity contribution in [3.63, 3.8) is 0 Å². The van der Waals surface area contributed by atoms with E-state index >= 15 is 0 Å². The van der Waals surface area contributed by atoms with Crippen LogP contribution in [-0.4, -0.2) is 52.7 Å². The molecule has 0 aliphatic carbocycles. The summed E-state index contributed by atoms with van der Waals surface area (Å²) in [4.78, 5) is 18.6. The molecule has 2 aromatic carbocycles. The second-order valence-corrected chi connectivity index (χ2v) is 6.21. The summed E-state index contributed by atoms with van der Waals surface area (Å²) in [6.45, 7) is 2.40. The minimum absolute atomic E-state index is 0.0643. The highest BCUT2D eigenvalue weighted by Crippen LogP contribution is 2.14. The van der Waals surface area contributed by atoms with Crippen molar-refractivity contribution in [3.8, 4) is 11.4 Å². The molecule has 0 saturated carbocycles. The van der Waals surface area contributed by atoms with E-state index in [2.05, 4.69) is 56.7 Å². The van der Waals surface area contributed by atoms with Gasteiger partial charge in [-0.25, -0.2) is 4.98 Å². The van der Waals surface area contributed by atoms with Crippen molar-refractivity contribution in [2.24, 2.45) is 0 Å². The third-order valence-corrected chi connectivity index (χ3v) is 4.24. The SMILES string of the molecule is CN(CCNC(=O)c1ccc(-c2ncn[nH]2)cc1)CCc1ccccc1. The van der Waals surface area contributed by atoms with Crippen LogP contribution in [0.25, 0.3) is 11.4 Å². The molecule has 0 unspecified atom stereocenters. The van der Waals surface area contributed by atoms with Gasteiger partial charge in [0.25, 0.3) is 5.91 Å². The molecule has 1 aromatic heterocycles. The number of hydrogen-bond acceptors (Lipinski definition) is 4. The average molecular weight is 349 g/mol. The molecule has 0 atom stereocenters. The Morgan fingerprint density at radius 1 is 1.08 bits per heavy atom. The van der Waals surface area contributed by atoms with Gasteiger partial charge in [-0.2, -0.15) is 5.10 Å². The summed E-state index contributed by atoms with van der Waals surface area (Å²) in [5.41, 5.74) is 2.87. The predicted octanol–water partition coefficient (Wildman–Crippen LogP) is 2.38. The highest BCUT2D eigenvalue weighted by Gasteiger charge is 2.07. The number of aromatic nitrogens is 3. The molecule has 6 nitrogen and oxygen atoms in total. The number of H-pyrrole nitrogens is 1. The maximum Gasteiger partial charge on any atom is 0.251 e. The van der Waals surface area contributed by atoms with Crippen molar-refractivity contribution in [3.05, 3.63) is 72.1 Å². The zero-order valence-electron chi connectivity index (χ0n) is 14.9. The highest BCUT2D eigenvalue weighted by molar-refractivity contribution is 5.94. The van der Waals surface area contributed by atoms with Crippen LogP contribution in [0.2, 0.25) is 0 Å². The molecule has 1 amide bonds. The van der Waals surface area contributed by atoms with E-state index in [1.807, 2.05) is 18.2 Å². The van der Waals surface area contributed by atoms with E-state index in [-0.39, 0.29) is 5.91 Å². The van der Waals surface area contributed by atoms with Crippen molar-refractivity contribution < 1.29 is 4.79 Å². The number of aromatic amines is 1. The van der Waals surface area contributed by atoms with Crippen molar-refractivity contribution >= 4 is 5.91 Å². The second-order valence-electron chi connectivity index (χ2n) is 6.21. The zero-order chi connectivity index (χ0) is 18.2. The molecule has 6 heteroatoms. The van der Waals surface area contributed by atoms with E-state index in [0.717, 1.165) is 25.1 Å². The molecule has 0 aliphatic rings. The van der Waals surface area contributed by atoms with Gasteiger partial charge in [0.15, 0.2) is 5.82 Å². The van der Waals surface area contributed by atoms with Crippen molar-refractivity contribution in [2.45, 2.75) is 6.42 Å². The molecule has 2 N–H and O–H groups in total. The van der Waals surface area contributed by atoms with E-state index < -0.39 is 0 Å². The maximum atomic E-state index is 12.2. The first-order valence-corrected chi connectivity index (χ1v) is 8.69. The van der Waals surface area contributed by atoms with Gasteiger partial charge in [-0.1, -0.05) is 42.5 Å². The number of hydrogen-bond donors (Lipinski definition) is 2. The number of nitrogens with zero attached hydrogens (tertiary/aromatic N) is 3. The minimum atomic E-state index is -0.0643. The van der Waals surface area contributed by atoms with Crippen LogP contribution in [0, 0.1) is 0 Å². The summed E-state index contributed by atoms with van der Waals surface area (Å²) in [7, 11) is 2.07. The van der Waals surface area contributed by atoms with Crippen LogP contribution >= 0.6 is 0 Å². The Labute approximate surface area is 153 Å². The van der Waals surface area contributed by atoms with Crippen LogP contribution in [0.1, 0.15) is 15.9 Å². The summed E-state index contributed by atoms with van der Waals surface area (Å²) in [5, 5.41) is 9.60. The molecule has 1 heterocycles. The lowest BCUT2D eigenvalue weighted by molar-refractivity contribution is 0.0950. The first kappa shape index (κ1) is 17.8. The van der Waals surface area contributed by atoms with Gasteiger partial charge in [0.2, 0.25) is 0 Å². The average Bonchev–Trinajstić information content (AvgIpc) is 3.22. The predicted molar refractivity (Wildman–Crippen MR) is 102 cm³/mol. The minimum Gasteiger partial charge on any atom is -0.351 e. The lowest BCUT2D eigenvalue weighted by atomic mass is 10.1. The molecule has 3 aromatic rings. The van der Waals surface area contributed by atoms with Crippen LogP contribution in [0.5, 0.6) is 0 Å². The number of amides is 1. The smallest absolute Gasteiger partial charge is 0.251 e. The van der Waals surface area contributed by atoms with Crippen molar-refractivity contribution in [1.29, 1.82) is 0 Å². The third kappa shape index (κ3) is 5.00. The van der Waals surface area contributed by atoms with Crippen LogP contribution in [-0.2, 0) is 6.42 Å². The highest BCUT2D eigenvalue weighted by atomic mass is 16.1. The molecule has 0 saturated heterocycles. The lowest BCUT2D eigenvalue weighted by Crippen LogP contribution is -2.33. The van der Waals surface area contributed by atoms with Crippen LogP contribution in [0.4, 0.5) is 0 Å². The van der Waals surface area contributed by atoms with Gasteiger partial charge in [0.05, 0.1) is 0 Å². The summed E-state index contributed by atoms with van der Waals surface area (Å²) >= 11 is 0. The Hall–Kier alpha value is -2.99. The standard InChI is InChI=1S/C20H23N5O/c1-25(13-11-16-5-3-2-4-6-16)14-12-21-20(26)18-9-7-17(8-10-18)19-22-15-23-24-19/h2-10,15H,11-14H2,1H3,(H,21,26)(H,22,23,24). The molecule has 0 fully saturated rings. The first-order valence-electron chi connectivity index (χ1n) is 8.69. The molecule has 0 bridgehead atoms. The number of nitrogens with one attached hydrogen (secondary N) is 2. The Bertz CT molecular complexity index is 800. The Morgan fingerprint density at radius 2 is 1.85 bits per heavy atom. The van der Waals surface area contributed by atoms with E-state index in [4.69, 9.17) is 0 Å². The van der Waals surface area contributed by atoms with Gasteiger partial charge in [-0.05, 0) is 31.2 Å². The summed E-state index contributed by atoms with van der Waals surface area (Å²) < 4.78 is 0. The summed E-state index contributed by atoms with van der Waals surface area (Å²) in [5.74, 6) is 0.627. The van der Waals surface area contributed by atoms with Gasteiger partial charge >= 0.3 is 0 Å². The van der Waals surface area contributed by atoms with Gasteiger partial charge in [-0.15, -0.1) is 0 Å². The molecular formula is C20H23N5O. The van der Waals surface area contributed by atoms with E-state index in [1.165, 1.54) is 11.9 Å². The number of benzene rings is 2. The summed E-state index contributed by atoms with van der Waals surface area (Å²) in [6.07, 6.45) is 2.47. The largest absolute Gasteiger partial charge is 0.351 e. The van der Waals surface area contributed by atoms with E-state index in [0.29, 0.717) is 17.9 Å². The monoisotopic (exact) mass is 349 g/mol. The molecule has 0 aliphatic heterocycles.